The van der Waals surface area contributed by atoms with Gasteiger partial charge >= 0.3 is 0 Å². The highest BCUT2D eigenvalue weighted by atomic mass is 32.2. The lowest BCUT2D eigenvalue weighted by atomic mass is 9.95. The summed E-state index contributed by atoms with van der Waals surface area (Å²) in [6.07, 6.45) is 1.64. The third kappa shape index (κ3) is 4.59. The molecule has 1 amide bonds. The van der Waals surface area contributed by atoms with Crippen LogP contribution < -0.4 is 4.72 Å². The van der Waals surface area contributed by atoms with Crippen molar-refractivity contribution in [3.63, 3.8) is 0 Å². The summed E-state index contributed by atoms with van der Waals surface area (Å²) in [5.41, 5.74) is 4.58. The molecular weight excluding hydrogens is 364 g/mol. The molecule has 1 aromatic carbocycles. The summed E-state index contributed by atoms with van der Waals surface area (Å²) in [6.45, 7) is 9.92. The molecule has 1 aromatic heterocycles. The second-order valence-corrected chi connectivity index (χ2v) is 8.63. The molecule has 0 radical (unpaired) electrons. The predicted molar refractivity (Wildman–Crippen MR) is 105 cm³/mol. The number of furan rings is 1. The average Bonchev–Trinajstić information content (AvgIpc) is 3.10. The summed E-state index contributed by atoms with van der Waals surface area (Å²) in [5.74, 6) is 0.530. The minimum Gasteiger partial charge on any atom is -0.467 e. The molecule has 0 spiro atoms. The van der Waals surface area contributed by atoms with Crippen LogP contribution in [0.4, 0.5) is 0 Å². The zero-order valence-electron chi connectivity index (χ0n) is 16.8. The normalized spacial score (nSPS) is 11.6. The molecule has 0 aliphatic carbocycles. The van der Waals surface area contributed by atoms with Gasteiger partial charge in [-0.1, -0.05) is 0 Å². The number of rotatable bonds is 7. The molecule has 0 aliphatic heterocycles. The van der Waals surface area contributed by atoms with Gasteiger partial charge in [-0.05, 0) is 74.6 Å². The maximum Gasteiger partial charge on any atom is 0.241 e. The Hall–Kier alpha value is -2.12. The molecule has 1 heterocycles. The van der Waals surface area contributed by atoms with Crippen molar-refractivity contribution in [1.82, 2.24) is 9.62 Å². The lowest BCUT2D eigenvalue weighted by molar-refractivity contribution is -0.130. The number of carbonyl (C=O) groups excluding carboxylic acids is 1. The van der Waals surface area contributed by atoms with E-state index in [9.17, 15) is 13.2 Å². The van der Waals surface area contributed by atoms with E-state index in [1.54, 1.807) is 25.4 Å². The largest absolute Gasteiger partial charge is 0.467 e. The molecule has 7 heteroatoms. The lowest BCUT2D eigenvalue weighted by Crippen LogP contribution is -2.32. The molecule has 0 aliphatic rings. The van der Waals surface area contributed by atoms with Gasteiger partial charge in [-0.2, -0.15) is 0 Å². The molecule has 0 saturated heterocycles. The zero-order valence-corrected chi connectivity index (χ0v) is 17.7. The summed E-state index contributed by atoms with van der Waals surface area (Å²) < 4.78 is 33.5. The minimum atomic E-state index is -3.69. The van der Waals surface area contributed by atoms with E-state index < -0.39 is 10.0 Å². The molecule has 2 aromatic rings. The van der Waals surface area contributed by atoms with Crippen molar-refractivity contribution in [2.75, 3.05) is 13.6 Å². The number of nitrogens with zero attached hydrogens (tertiary/aromatic N) is 1. The molecule has 2 rings (SSSR count). The first-order valence-corrected chi connectivity index (χ1v) is 10.4. The molecule has 27 heavy (non-hydrogen) atoms. The van der Waals surface area contributed by atoms with Gasteiger partial charge in [0.25, 0.3) is 0 Å². The Kier molecular flexibility index (Phi) is 6.49. The van der Waals surface area contributed by atoms with Crippen LogP contribution in [-0.2, 0) is 21.4 Å². The predicted octanol–water partition coefficient (Wildman–Crippen LogP) is 3.15. The standard InChI is InChI=1S/C20H28N2O4S/c1-13-14(2)16(4)20(17(5)15(13)3)27(24,25)21-10-9-19(23)22(6)12-18-8-7-11-26-18/h7-8,11,21H,9-10,12H2,1-6H3. The lowest BCUT2D eigenvalue weighted by Gasteiger charge is -2.19. The molecule has 148 valence electrons. The summed E-state index contributed by atoms with van der Waals surface area (Å²) in [4.78, 5) is 14.1. The van der Waals surface area contributed by atoms with Gasteiger partial charge in [-0.25, -0.2) is 13.1 Å². The molecule has 0 unspecified atom stereocenters. The molecule has 1 N–H and O–H groups in total. The van der Waals surface area contributed by atoms with Gasteiger partial charge in [0.2, 0.25) is 15.9 Å². The highest BCUT2D eigenvalue weighted by Gasteiger charge is 2.23. The SMILES string of the molecule is Cc1c(C)c(C)c(S(=O)(=O)NCCC(=O)N(C)Cc2ccco2)c(C)c1C. The average molecular weight is 393 g/mol. The smallest absolute Gasteiger partial charge is 0.241 e. The Balaban J connectivity index is 2.06. The van der Waals surface area contributed by atoms with Crippen molar-refractivity contribution >= 4 is 15.9 Å². The van der Waals surface area contributed by atoms with Crippen LogP contribution in [0.15, 0.2) is 27.7 Å². The van der Waals surface area contributed by atoms with Crippen molar-refractivity contribution in [2.24, 2.45) is 0 Å². The Morgan fingerprint density at radius 2 is 1.59 bits per heavy atom. The third-order valence-corrected chi connectivity index (χ3v) is 6.96. The maximum absolute atomic E-state index is 12.8. The van der Waals surface area contributed by atoms with Crippen LogP contribution in [0.1, 0.15) is 40.0 Å². The van der Waals surface area contributed by atoms with E-state index in [1.807, 2.05) is 34.6 Å². The first-order chi connectivity index (χ1) is 12.6. The number of amides is 1. The fourth-order valence-electron chi connectivity index (χ4n) is 3.15. The van der Waals surface area contributed by atoms with Crippen LogP contribution in [-0.4, -0.2) is 32.8 Å². The van der Waals surface area contributed by atoms with Crippen LogP contribution in [0, 0.1) is 34.6 Å². The molecule has 0 bridgehead atoms. The van der Waals surface area contributed by atoms with Crippen LogP contribution in [0.25, 0.3) is 0 Å². The quantitative estimate of drug-likeness (QED) is 0.785. The summed E-state index contributed by atoms with van der Waals surface area (Å²) >= 11 is 0. The molecular formula is C20H28N2O4S. The van der Waals surface area contributed by atoms with Gasteiger partial charge in [-0.3, -0.25) is 4.79 Å². The molecule has 0 atom stereocenters. The fraction of sp³-hybridized carbons (Fsp3) is 0.450. The second kappa shape index (κ2) is 8.27. The Bertz CT molecular complexity index is 902. The Morgan fingerprint density at radius 3 is 2.11 bits per heavy atom. The van der Waals surface area contributed by atoms with E-state index >= 15 is 0 Å². The zero-order chi connectivity index (χ0) is 20.4. The summed E-state index contributed by atoms with van der Waals surface area (Å²) in [7, 11) is -2.03. The second-order valence-electron chi connectivity index (χ2n) is 6.93. The molecule has 0 fully saturated rings. The van der Waals surface area contributed by atoms with E-state index in [0.29, 0.717) is 17.2 Å². The van der Waals surface area contributed by atoms with E-state index in [1.165, 1.54) is 4.90 Å². The third-order valence-electron chi connectivity index (χ3n) is 5.23. The van der Waals surface area contributed by atoms with Crippen molar-refractivity contribution < 1.29 is 17.6 Å². The van der Waals surface area contributed by atoms with Gasteiger partial charge in [0.05, 0.1) is 17.7 Å². The molecule has 6 nitrogen and oxygen atoms in total. The van der Waals surface area contributed by atoms with E-state index in [2.05, 4.69) is 4.72 Å². The number of sulfonamides is 1. The van der Waals surface area contributed by atoms with Gasteiger partial charge < -0.3 is 9.32 Å². The maximum atomic E-state index is 12.8. The number of nitrogens with one attached hydrogen (secondary N) is 1. The summed E-state index contributed by atoms with van der Waals surface area (Å²) in [5, 5.41) is 0. The van der Waals surface area contributed by atoms with E-state index in [0.717, 1.165) is 27.8 Å². The monoisotopic (exact) mass is 392 g/mol. The number of hydrogen-bond donors (Lipinski definition) is 1. The van der Waals surface area contributed by atoms with E-state index in [4.69, 9.17) is 4.42 Å². The van der Waals surface area contributed by atoms with Crippen molar-refractivity contribution in [3.05, 3.63) is 52.0 Å². The number of carbonyl (C=O) groups is 1. The van der Waals surface area contributed by atoms with Crippen molar-refractivity contribution in [1.29, 1.82) is 0 Å². The van der Waals surface area contributed by atoms with Gasteiger partial charge in [-0.15, -0.1) is 0 Å². The van der Waals surface area contributed by atoms with Gasteiger partial charge in [0, 0.05) is 20.0 Å². The first kappa shape index (κ1) is 21.2. The highest BCUT2D eigenvalue weighted by Crippen LogP contribution is 2.29. The first-order valence-electron chi connectivity index (χ1n) is 8.89. The number of hydrogen-bond acceptors (Lipinski definition) is 4. The van der Waals surface area contributed by atoms with Crippen LogP contribution in [0.5, 0.6) is 0 Å². The van der Waals surface area contributed by atoms with Gasteiger partial charge in [0.15, 0.2) is 0 Å². The van der Waals surface area contributed by atoms with Crippen LogP contribution in [0.2, 0.25) is 0 Å². The molecule has 0 saturated carbocycles. The van der Waals surface area contributed by atoms with E-state index in [-0.39, 0.29) is 18.9 Å². The topological polar surface area (TPSA) is 79.6 Å². The highest BCUT2D eigenvalue weighted by molar-refractivity contribution is 7.89. The van der Waals surface area contributed by atoms with Crippen LogP contribution in [0.3, 0.4) is 0 Å². The summed E-state index contributed by atoms with van der Waals surface area (Å²) in [6, 6.07) is 3.55. The van der Waals surface area contributed by atoms with Gasteiger partial charge in [0.1, 0.15) is 5.76 Å². The van der Waals surface area contributed by atoms with Crippen molar-refractivity contribution in [2.45, 2.75) is 52.5 Å². The van der Waals surface area contributed by atoms with Crippen LogP contribution >= 0.6 is 0 Å². The fourth-order valence-corrected chi connectivity index (χ4v) is 4.78. The Labute approximate surface area is 161 Å². The number of benzene rings is 1. The Morgan fingerprint density at radius 1 is 1.04 bits per heavy atom. The minimum absolute atomic E-state index is 0.0501. The van der Waals surface area contributed by atoms with Crippen molar-refractivity contribution in [3.8, 4) is 0 Å².